The van der Waals surface area contributed by atoms with Crippen LogP contribution in [0.25, 0.3) is 0 Å². The van der Waals surface area contributed by atoms with Gasteiger partial charge in [-0.25, -0.2) is 0 Å². The number of aliphatic hydroxyl groups is 1. The van der Waals surface area contributed by atoms with Crippen LogP contribution in [-0.2, 0) is 0 Å². The molecule has 0 amide bonds. The van der Waals surface area contributed by atoms with Gasteiger partial charge in [-0.3, -0.25) is 0 Å². The molecule has 0 saturated carbocycles. The maximum absolute atomic E-state index is 8.56. The summed E-state index contributed by atoms with van der Waals surface area (Å²) in [6, 6.07) is 0. The number of rotatable bonds is 3. The molecule has 0 aliphatic heterocycles. The smallest absolute Gasteiger partial charge is 0.0632 e. The zero-order valence-electron chi connectivity index (χ0n) is 5.31. The van der Waals surface area contributed by atoms with Gasteiger partial charge in [-0.1, -0.05) is 6.92 Å². The number of hydrogen-bond donors (Lipinski definition) is 3. The Kier molecular flexibility index (Phi) is 2.97. The summed E-state index contributed by atoms with van der Waals surface area (Å²) in [4.78, 5) is 0. The van der Waals surface area contributed by atoms with Gasteiger partial charge in [0.25, 0.3) is 0 Å². The molecule has 0 aromatic heterocycles. The Bertz CT molecular complexity index is 53.2. The molecule has 1 atom stereocenters. The van der Waals surface area contributed by atoms with Crippen molar-refractivity contribution in [2.45, 2.75) is 25.8 Å². The van der Waals surface area contributed by atoms with Gasteiger partial charge in [0, 0.05) is 0 Å². The van der Waals surface area contributed by atoms with Gasteiger partial charge >= 0.3 is 0 Å². The second-order valence-corrected chi connectivity index (χ2v) is 2.18. The topological polar surface area (TPSA) is 52.5 Å². The van der Waals surface area contributed by atoms with Crippen molar-refractivity contribution < 1.29 is 10.3 Å². The van der Waals surface area contributed by atoms with Crippen molar-refractivity contribution >= 4 is 0 Å². The van der Waals surface area contributed by atoms with Crippen molar-refractivity contribution in [3.05, 3.63) is 0 Å². The van der Waals surface area contributed by atoms with Gasteiger partial charge in [-0.2, -0.15) is 5.48 Å². The van der Waals surface area contributed by atoms with Gasteiger partial charge in [-0.05, 0) is 13.3 Å². The molecule has 0 radical (unpaired) electrons. The van der Waals surface area contributed by atoms with Gasteiger partial charge in [0.1, 0.15) is 0 Å². The van der Waals surface area contributed by atoms with Crippen molar-refractivity contribution in [2.24, 2.45) is 0 Å². The fraction of sp³-hybridized carbons (Fsp3) is 1.00. The zero-order valence-corrected chi connectivity index (χ0v) is 5.31. The van der Waals surface area contributed by atoms with Crippen LogP contribution < -0.4 is 5.48 Å². The van der Waals surface area contributed by atoms with Crippen LogP contribution in [0.15, 0.2) is 0 Å². The molecule has 0 fully saturated rings. The molecular weight excluding hydrogens is 106 g/mol. The minimum absolute atomic E-state index is 0.0417. The third-order valence-electron chi connectivity index (χ3n) is 1.40. The van der Waals surface area contributed by atoms with E-state index in [2.05, 4.69) is 0 Å². The van der Waals surface area contributed by atoms with E-state index in [4.69, 9.17) is 10.3 Å². The summed E-state index contributed by atoms with van der Waals surface area (Å²) in [6.07, 6.45) is 0.708. The molecular formula is C5H13NO2. The monoisotopic (exact) mass is 119 g/mol. The average molecular weight is 119 g/mol. The van der Waals surface area contributed by atoms with E-state index in [0.717, 1.165) is 0 Å². The standard InChI is InChI=1S/C5H13NO2/c1-3-5(2,4-7)6-8/h6-8H,3-4H2,1-2H3. The highest BCUT2D eigenvalue weighted by atomic mass is 16.5. The van der Waals surface area contributed by atoms with Gasteiger partial charge in [0.15, 0.2) is 0 Å². The van der Waals surface area contributed by atoms with E-state index in [-0.39, 0.29) is 6.61 Å². The molecule has 3 nitrogen and oxygen atoms in total. The first-order valence-electron chi connectivity index (χ1n) is 2.70. The van der Waals surface area contributed by atoms with Crippen LogP contribution in [0.3, 0.4) is 0 Å². The number of hydrogen-bond acceptors (Lipinski definition) is 3. The molecule has 0 aliphatic carbocycles. The van der Waals surface area contributed by atoms with Gasteiger partial charge in [0.2, 0.25) is 0 Å². The molecule has 0 rings (SSSR count). The van der Waals surface area contributed by atoms with E-state index in [9.17, 15) is 0 Å². The molecule has 3 N–H and O–H groups in total. The third kappa shape index (κ3) is 1.78. The quantitative estimate of drug-likeness (QED) is 0.463. The zero-order chi connectivity index (χ0) is 6.62. The summed E-state index contributed by atoms with van der Waals surface area (Å²) in [6.45, 7) is 3.59. The van der Waals surface area contributed by atoms with Crippen molar-refractivity contribution in [1.82, 2.24) is 5.48 Å². The molecule has 0 heterocycles. The lowest BCUT2D eigenvalue weighted by Gasteiger charge is -2.22. The number of aliphatic hydroxyl groups excluding tert-OH is 1. The lowest BCUT2D eigenvalue weighted by atomic mass is 10.0. The minimum atomic E-state index is -0.514. The van der Waals surface area contributed by atoms with E-state index in [1.54, 1.807) is 6.92 Å². The highest BCUT2D eigenvalue weighted by Crippen LogP contribution is 2.04. The van der Waals surface area contributed by atoms with Gasteiger partial charge < -0.3 is 10.3 Å². The van der Waals surface area contributed by atoms with E-state index in [1.807, 2.05) is 12.4 Å². The molecule has 8 heavy (non-hydrogen) atoms. The predicted molar refractivity (Wildman–Crippen MR) is 30.7 cm³/mol. The van der Waals surface area contributed by atoms with Crippen LogP contribution in [0.1, 0.15) is 20.3 Å². The average Bonchev–Trinajstić information content (AvgIpc) is 1.87. The Morgan fingerprint density at radius 1 is 1.62 bits per heavy atom. The van der Waals surface area contributed by atoms with Crippen LogP contribution >= 0.6 is 0 Å². The lowest BCUT2D eigenvalue weighted by molar-refractivity contribution is 0.0304. The SMILES string of the molecule is CCC(C)(CO)NO. The van der Waals surface area contributed by atoms with E-state index >= 15 is 0 Å². The van der Waals surface area contributed by atoms with Crippen LogP contribution in [0.4, 0.5) is 0 Å². The number of hydroxylamine groups is 1. The van der Waals surface area contributed by atoms with Crippen LogP contribution in [0, 0.1) is 0 Å². The third-order valence-corrected chi connectivity index (χ3v) is 1.40. The maximum atomic E-state index is 8.56. The molecule has 3 heteroatoms. The molecule has 50 valence electrons. The fourth-order valence-electron chi connectivity index (χ4n) is 0.226. The van der Waals surface area contributed by atoms with Crippen LogP contribution in [0.5, 0.6) is 0 Å². The Hall–Kier alpha value is -0.120. The van der Waals surface area contributed by atoms with E-state index < -0.39 is 5.54 Å². The first kappa shape index (κ1) is 7.88. The Balaban J connectivity index is 3.58. The largest absolute Gasteiger partial charge is 0.394 e. The molecule has 0 spiro atoms. The molecule has 0 saturated heterocycles. The molecule has 0 aromatic rings. The van der Waals surface area contributed by atoms with Crippen LogP contribution in [-0.4, -0.2) is 22.5 Å². The van der Waals surface area contributed by atoms with Crippen LogP contribution in [0.2, 0.25) is 0 Å². The summed E-state index contributed by atoms with van der Waals surface area (Å²) in [7, 11) is 0. The first-order valence-corrected chi connectivity index (χ1v) is 2.70. The molecule has 1 unspecified atom stereocenters. The van der Waals surface area contributed by atoms with E-state index in [0.29, 0.717) is 6.42 Å². The summed E-state index contributed by atoms with van der Waals surface area (Å²) >= 11 is 0. The summed E-state index contributed by atoms with van der Waals surface area (Å²) in [5.41, 5.74) is 1.51. The van der Waals surface area contributed by atoms with Gasteiger partial charge in [-0.15, -0.1) is 0 Å². The maximum Gasteiger partial charge on any atom is 0.0632 e. The predicted octanol–water partition coefficient (Wildman–Crippen LogP) is 0.126. The van der Waals surface area contributed by atoms with Crippen molar-refractivity contribution in [2.75, 3.05) is 6.61 Å². The summed E-state index contributed by atoms with van der Waals surface area (Å²) in [5.74, 6) is 0. The lowest BCUT2D eigenvalue weighted by Crippen LogP contribution is -2.42. The first-order chi connectivity index (χ1) is 3.68. The second-order valence-electron chi connectivity index (χ2n) is 2.18. The molecule has 0 bridgehead atoms. The summed E-state index contributed by atoms with van der Waals surface area (Å²) < 4.78 is 0. The fourth-order valence-corrected chi connectivity index (χ4v) is 0.226. The highest BCUT2D eigenvalue weighted by Gasteiger charge is 2.18. The second kappa shape index (κ2) is 3.02. The molecule has 0 aliphatic rings. The minimum Gasteiger partial charge on any atom is -0.394 e. The summed E-state index contributed by atoms with van der Waals surface area (Å²) in [5, 5.41) is 16.9. The van der Waals surface area contributed by atoms with Crippen molar-refractivity contribution in [1.29, 1.82) is 0 Å². The molecule has 0 aromatic carbocycles. The Morgan fingerprint density at radius 3 is 2.12 bits per heavy atom. The van der Waals surface area contributed by atoms with Crippen molar-refractivity contribution in [3.8, 4) is 0 Å². The highest BCUT2D eigenvalue weighted by molar-refractivity contribution is 4.75. The van der Waals surface area contributed by atoms with Crippen molar-refractivity contribution in [3.63, 3.8) is 0 Å². The van der Waals surface area contributed by atoms with Gasteiger partial charge in [0.05, 0.1) is 12.1 Å². The Labute approximate surface area is 49.3 Å². The normalized spacial score (nSPS) is 18.0. The Morgan fingerprint density at radius 2 is 2.12 bits per heavy atom. The number of nitrogens with one attached hydrogen (secondary N) is 1. The van der Waals surface area contributed by atoms with E-state index in [1.165, 1.54) is 0 Å².